The normalized spacial score (nSPS) is 14.5. The monoisotopic (exact) mass is 296 g/mol. The van der Waals surface area contributed by atoms with Crippen molar-refractivity contribution in [1.29, 1.82) is 0 Å². The minimum absolute atomic E-state index is 0.0331. The van der Waals surface area contributed by atoms with Crippen LogP contribution in [-0.4, -0.2) is 18.6 Å². The average molecular weight is 296 g/mol. The molecule has 0 bridgehead atoms. The van der Waals surface area contributed by atoms with Crippen LogP contribution in [0.1, 0.15) is 15.9 Å². The molecule has 0 radical (unpaired) electrons. The third-order valence-corrected chi connectivity index (χ3v) is 3.62. The molecule has 110 valence electrons. The number of hydrogen-bond donors (Lipinski definition) is 2. The number of nitrogens with one attached hydrogen (secondary N) is 2. The van der Waals surface area contributed by atoms with Crippen LogP contribution in [0.4, 0.5) is 11.4 Å². The molecule has 2 aromatic carbocycles. The predicted octanol–water partition coefficient (Wildman–Crippen LogP) is 2.16. The Morgan fingerprint density at radius 2 is 1.95 bits per heavy atom. The summed E-state index contributed by atoms with van der Waals surface area (Å²) in [6, 6.07) is 10.4. The highest BCUT2D eigenvalue weighted by molar-refractivity contribution is 6.05. The van der Waals surface area contributed by atoms with Crippen LogP contribution in [0.15, 0.2) is 36.4 Å². The Morgan fingerprint density at radius 3 is 2.86 bits per heavy atom. The zero-order valence-electron chi connectivity index (χ0n) is 11.5. The third-order valence-electron chi connectivity index (χ3n) is 3.62. The molecular weight excluding hydrogens is 284 g/mol. The largest absolute Gasteiger partial charge is 0.454 e. The van der Waals surface area contributed by atoms with E-state index in [2.05, 4.69) is 10.6 Å². The summed E-state index contributed by atoms with van der Waals surface area (Å²) in [7, 11) is 0. The van der Waals surface area contributed by atoms with Gasteiger partial charge in [-0.1, -0.05) is 0 Å². The highest BCUT2D eigenvalue weighted by atomic mass is 16.7. The van der Waals surface area contributed by atoms with Gasteiger partial charge >= 0.3 is 0 Å². The molecule has 22 heavy (non-hydrogen) atoms. The maximum absolute atomic E-state index is 12.3. The van der Waals surface area contributed by atoms with Crippen LogP contribution in [0.25, 0.3) is 0 Å². The lowest BCUT2D eigenvalue weighted by atomic mass is 10.1. The lowest BCUT2D eigenvalue weighted by molar-refractivity contribution is -0.115. The van der Waals surface area contributed by atoms with Crippen LogP contribution >= 0.6 is 0 Å². The van der Waals surface area contributed by atoms with Crippen molar-refractivity contribution in [3.63, 3.8) is 0 Å². The van der Waals surface area contributed by atoms with Crippen LogP contribution < -0.4 is 20.1 Å². The highest BCUT2D eigenvalue weighted by Gasteiger charge is 2.19. The second kappa shape index (κ2) is 4.77. The van der Waals surface area contributed by atoms with E-state index < -0.39 is 0 Å². The van der Waals surface area contributed by atoms with Crippen LogP contribution in [0.2, 0.25) is 0 Å². The summed E-state index contributed by atoms with van der Waals surface area (Å²) < 4.78 is 10.5. The Labute approximate surface area is 126 Å². The first-order valence-corrected chi connectivity index (χ1v) is 6.83. The first-order valence-electron chi connectivity index (χ1n) is 6.83. The van der Waals surface area contributed by atoms with Crippen LogP contribution in [0.3, 0.4) is 0 Å². The Hall–Kier alpha value is -3.02. The second-order valence-electron chi connectivity index (χ2n) is 5.12. The van der Waals surface area contributed by atoms with Crippen molar-refractivity contribution in [3.8, 4) is 11.5 Å². The fraction of sp³-hybridized carbons (Fsp3) is 0.125. The third kappa shape index (κ3) is 2.14. The molecule has 6 nitrogen and oxygen atoms in total. The van der Waals surface area contributed by atoms with Gasteiger partial charge in [0.2, 0.25) is 12.7 Å². The van der Waals surface area contributed by atoms with Gasteiger partial charge < -0.3 is 20.1 Å². The minimum atomic E-state index is -0.240. The molecule has 0 atom stereocenters. The lowest BCUT2D eigenvalue weighted by Gasteiger charge is -2.07. The SMILES string of the molecule is O=C1Cc2cc(NC(=O)c3ccc4c(c3)OCO4)ccc2N1. The standard InChI is InChI=1S/C16H12N2O4/c19-15-7-10-5-11(2-3-12(10)18-15)17-16(20)9-1-4-13-14(6-9)22-8-21-13/h1-6H,7-8H2,(H,17,20)(H,18,19). The Kier molecular flexibility index (Phi) is 2.75. The minimum Gasteiger partial charge on any atom is -0.454 e. The quantitative estimate of drug-likeness (QED) is 0.890. The number of rotatable bonds is 2. The van der Waals surface area contributed by atoms with Crippen molar-refractivity contribution in [2.24, 2.45) is 0 Å². The number of hydrogen-bond acceptors (Lipinski definition) is 4. The van der Waals surface area contributed by atoms with E-state index in [-0.39, 0.29) is 18.6 Å². The van der Waals surface area contributed by atoms with Crippen molar-refractivity contribution in [1.82, 2.24) is 0 Å². The molecule has 2 aliphatic heterocycles. The van der Waals surface area contributed by atoms with Crippen molar-refractivity contribution < 1.29 is 19.1 Å². The topological polar surface area (TPSA) is 76.7 Å². The van der Waals surface area contributed by atoms with Gasteiger partial charge in [-0.05, 0) is 42.0 Å². The lowest BCUT2D eigenvalue weighted by Crippen LogP contribution is -2.11. The summed E-state index contributed by atoms with van der Waals surface area (Å²) in [4.78, 5) is 23.6. The zero-order valence-corrected chi connectivity index (χ0v) is 11.5. The molecular formula is C16H12N2O4. The summed E-state index contributed by atoms with van der Waals surface area (Å²) in [5.74, 6) is 0.930. The molecule has 2 heterocycles. The van der Waals surface area contributed by atoms with Gasteiger partial charge in [0.05, 0.1) is 6.42 Å². The number of carbonyl (C=O) groups excluding carboxylic acids is 2. The molecule has 6 heteroatoms. The van der Waals surface area contributed by atoms with E-state index in [0.29, 0.717) is 29.2 Å². The van der Waals surface area contributed by atoms with Gasteiger partial charge in [0.15, 0.2) is 11.5 Å². The number of amides is 2. The molecule has 0 saturated heterocycles. The molecule has 2 amide bonds. The molecule has 0 unspecified atom stereocenters. The maximum Gasteiger partial charge on any atom is 0.255 e. The summed E-state index contributed by atoms with van der Waals surface area (Å²) in [6.45, 7) is 0.173. The van der Waals surface area contributed by atoms with Gasteiger partial charge in [0.1, 0.15) is 0 Å². The summed E-state index contributed by atoms with van der Waals surface area (Å²) >= 11 is 0. The van der Waals surface area contributed by atoms with E-state index >= 15 is 0 Å². The van der Waals surface area contributed by atoms with Crippen molar-refractivity contribution in [2.75, 3.05) is 17.4 Å². The van der Waals surface area contributed by atoms with Crippen LogP contribution in [0.5, 0.6) is 11.5 Å². The fourth-order valence-corrected chi connectivity index (χ4v) is 2.55. The molecule has 0 spiro atoms. The summed E-state index contributed by atoms with van der Waals surface area (Å²) in [6.07, 6.45) is 0.336. The van der Waals surface area contributed by atoms with Crippen LogP contribution in [-0.2, 0) is 11.2 Å². The van der Waals surface area contributed by atoms with Crippen molar-refractivity contribution in [2.45, 2.75) is 6.42 Å². The molecule has 0 aliphatic carbocycles. The van der Waals surface area contributed by atoms with E-state index in [9.17, 15) is 9.59 Å². The number of ether oxygens (including phenoxy) is 2. The van der Waals surface area contributed by atoms with Gasteiger partial charge in [-0.3, -0.25) is 9.59 Å². The van der Waals surface area contributed by atoms with Crippen molar-refractivity contribution >= 4 is 23.2 Å². The number of fused-ring (bicyclic) bond motifs is 2. The van der Waals surface area contributed by atoms with E-state index in [1.165, 1.54) is 0 Å². The molecule has 0 saturated carbocycles. The van der Waals surface area contributed by atoms with E-state index in [1.807, 2.05) is 0 Å². The molecule has 2 aromatic rings. The molecule has 0 fully saturated rings. The van der Waals surface area contributed by atoms with Gasteiger partial charge in [0, 0.05) is 16.9 Å². The zero-order chi connectivity index (χ0) is 15.1. The van der Waals surface area contributed by atoms with E-state index in [0.717, 1.165) is 11.3 Å². The number of benzene rings is 2. The average Bonchev–Trinajstić information content (AvgIpc) is 3.10. The smallest absolute Gasteiger partial charge is 0.255 e. The predicted molar refractivity (Wildman–Crippen MR) is 79.3 cm³/mol. The molecule has 4 rings (SSSR count). The van der Waals surface area contributed by atoms with E-state index in [1.54, 1.807) is 36.4 Å². The number of anilines is 2. The first-order chi connectivity index (χ1) is 10.7. The number of carbonyl (C=O) groups is 2. The second-order valence-corrected chi connectivity index (χ2v) is 5.12. The van der Waals surface area contributed by atoms with Crippen molar-refractivity contribution in [3.05, 3.63) is 47.5 Å². The highest BCUT2D eigenvalue weighted by Crippen LogP contribution is 2.33. The molecule has 2 aliphatic rings. The van der Waals surface area contributed by atoms with E-state index in [4.69, 9.17) is 9.47 Å². The molecule has 2 N–H and O–H groups in total. The van der Waals surface area contributed by atoms with Gasteiger partial charge in [-0.15, -0.1) is 0 Å². The fourth-order valence-electron chi connectivity index (χ4n) is 2.55. The maximum atomic E-state index is 12.3. The van der Waals surface area contributed by atoms with Gasteiger partial charge in [-0.25, -0.2) is 0 Å². The first kappa shape index (κ1) is 12.7. The Morgan fingerprint density at radius 1 is 1.09 bits per heavy atom. The van der Waals surface area contributed by atoms with Gasteiger partial charge in [0.25, 0.3) is 5.91 Å². The Bertz CT molecular complexity index is 801. The van der Waals surface area contributed by atoms with Crippen LogP contribution in [0, 0.1) is 0 Å². The Balaban J connectivity index is 1.55. The summed E-state index contributed by atoms with van der Waals surface area (Å²) in [5, 5.41) is 5.58. The summed E-state index contributed by atoms with van der Waals surface area (Å²) in [5.41, 5.74) is 2.82. The van der Waals surface area contributed by atoms with Gasteiger partial charge in [-0.2, -0.15) is 0 Å². The molecule has 0 aromatic heterocycles.